The Morgan fingerprint density at radius 1 is 1.38 bits per heavy atom. The lowest BCUT2D eigenvalue weighted by Crippen LogP contribution is -2.32. The van der Waals surface area contributed by atoms with Gasteiger partial charge in [0.15, 0.2) is 0 Å². The van der Waals surface area contributed by atoms with Gasteiger partial charge in [-0.25, -0.2) is 0 Å². The van der Waals surface area contributed by atoms with E-state index in [1.807, 2.05) is 6.07 Å². The van der Waals surface area contributed by atoms with Crippen LogP contribution in [0, 0.1) is 0 Å². The van der Waals surface area contributed by atoms with Crippen molar-refractivity contribution >= 4 is 15.9 Å². The van der Waals surface area contributed by atoms with Crippen molar-refractivity contribution in [3.8, 4) is 0 Å². The van der Waals surface area contributed by atoms with E-state index >= 15 is 0 Å². The molecule has 0 saturated carbocycles. The van der Waals surface area contributed by atoms with Gasteiger partial charge in [-0.3, -0.25) is 0 Å². The molecular weight excluding hydrogens is 266 g/mol. The fourth-order valence-corrected chi connectivity index (χ4v) is 2.11. The van der Waals surface area contributed by atoms with Crippen molar-refractivity contribution in [2.75, 3.05) is 13.7 Å². The van der Waals surface area contributed by atoms with Crippen molar-refractivity contribution < 1.29 is 4.74 Å². The van der Waals surface area contributed by atoms with Crippen molar-refractivity contribution in [2.24, 2.45) is 0 Å². The summed E-state index contributed by atoms with van der Waals surface area (Å²) in [6, 6.07) is 8.75. The molecule has 0 aliphatic heterocycles. The summed E-state index contributed by atoms with van der Waals surface area (Å²) >= 11 is 3.55. The number of methoxy groups -OCH3 is 1. The van der Waals surface area contributed by atoms with Gasteiger partial charge in [0.05, 0.1) is 6.61 Å². The van der Waals surface area contributed by atoms with Gasteiger partial charge in [-0.2, -0.15) is 0 Å². The Labute approximate surface area is 107 Å². The lowest BCUT2D eigenvalue weighted by Gasteiger charge is -2.17. The molecule has 1 aromatic carbocycles. The molecule has 1 atom stereocenters. The first-order valence-corrected chi connectivity index (χ1v) is 6.53. The molecule has 0 amide bonds. The van der Waals surface area contributed by atoms with Crippen LogP contribution in [-0.4, -0.2) is 19.8 Å². The van der Waals surface area contributed by atoms with E-state index in [1.54, 1.807) is 7.11 Å². The molecule has 1 unspecified atom stereocenters. The average Bonchev–Trinajstić information content (AvgIpc) is 2.28. The Morgan fingerprint density at radius 3 is 2.75 bits per heavy atom. The summed E-state index contributed by atoms with van der Waals surface area (Å²) in [5.41, 5.74) is 1.29. The maximum absolute atomic E-state index is 5.20. The molecule has 0 heterocycles. The summed E-state index contributed by atoms with van der Waals surface area (Å²) < 4.78 is 6.36. The first-order valence-electron chi connectivity index (χ1n) is 5.73. The minimum Gasteiger partial charge on any atom is -0.383 e. The Morgan fingerprint density at radius 2 is 2.12 bits per heavy atom. The second kappa shape index (κ2) is 7.82. The molecule has 2 nitrogen and oxygen atoms in total. The summed E-state index contributed by atoms with van der Waals surface area (Å²) in [6.07, 6.45) is 2.33. The number of hydrogen-bond acceptors (Lipinski definition) is 2. The van der Waals surface area contributed by atoms with Gasteiger partial charge in [-0.05, 0) is 18.1 Å². The third-order valence-electron chi connectivity index (χ3n) is 2.54. The molecule has 0 aliphatic rings. The molecule has 0 aliphatic carbocycles. The average molecular weight is 286 g/mol. The third-order valence-corrected chi connectivity index (χ3v) is 3.32. The highest BCUT2D eigenvalue weighted by Gasteiger charge is 2.07. The Bertz CT molecular complexity index is 298. The summed E-state index contributed by atoms with van der Waals surface area (Å²) in [5, 5.41) is 3.52. The normalized spacial score (nSPS) is 12.7. The van der Waals surface area contributed by atoms with Crippen LogP contribution >= 0.6 is 15.9 Å². The van der Waals surface area contributed by atoms with Crippen LogP contribution in [0.4, 0.5) is 0 Å². The van der Waals surface area contributed by atoms with Gasteiger partial charge >= 0.3 is 0 Å². The van der Waals surface area contributed by atoms with E-state index in [2.05, 4.69) is 46.4 Å². The van der Waals surface area contributed by atoms with Gasteiger partial charge in [0.25, 0.3) is 0 Å². The van der Waals surface area contributed by atoms with Crippen LogP contribution in [0.1, 0.15) is 25.3 Å². The Hall–Kier alpha value is -0.380. The van der Waals surface area contributed by atoms with Crippen LogP contribution in [0.25, 0.3) is 0 Å². The zero-order valence-electron chi connectivity index (χ0n) is 10.0. The zero-order valence-corrected chi connectivity index (χ0v) is 11.6. The maximum atomic E-state index is 5.20. The number of benzene rings is 1. The van der Waals surface area contributed by atoms with E-state index in [0.29, 0.717) is 6.04 Å². The van der Waals surface area contributed by atoms with Gasteiger partial charge in [-0.15, -0.1) is 0 Å². The van der Waals surface area contributed by atoms with Gasteiger partial charge in [-0.1, -0.05) is 47.5 Å². The highest BCUT2D eigenvalue weighted by Crippen LogP contribution is 2.15. The van der Waals surface area contributed by atoms with E-state index < -0.39 is 0 Å². The minimum absolute atomic E-state index is 0.446. The highest BCUT2D eigenvalue weighted by molar-refractivity contribution is 9.10. The first kappa shape index (κ1) is 13.7. The topological polar surface area (TPSA) is 21.3 Å². The molecule has 0 fully saturated rings. The first-order chi connectivity index (χ1) is 7.77. The summed E-state index contributed by atoms with van der Waals surface area (Å²) in [4.78, 5) is 0. The van der Waals surface area contributed by atoms with Crippen molar-refractivity contribution in [3.63, 3.8) is 0 Å². The molecule has 1 rings (SSSR count). The minimum atomic E-state index is 0.446. The summed E-state index contributed by atoms with van der Waals surface area (Å²) in [7, 11) is 1.75. The van der Waals surface area contributed by atoms with Gasteiger partial charge in [0.1, 0.15) is 0 Å². The van der Waals surface area contributed by atoms with Crippen LogP contribution in [0.2, 0.25) is 0 Å². The van der Waals surface area contributed by atoms with E-state index in [9.17, 15) is 0 Å². The van der Waals surface area contributed by atoms with Gasteiger partial charge in [0.2, 0.25) is 0 Å². The molecule has 3 heteroatoms. The van der Waals surface area contributed by atoms with Crippen LogP contribution in [0.5, 0.6) is 0 Å². The molecule has 0 radical (unpaired) electrons. The standard InChI is InChI=1S/C13H20BrNO/c1-3-6-12(10-16-2)15-9-11-7-4-5-8-13(11)14/h4-5,7-8,12,15H,3,6,9-10H2,1-2H3. The molecule has 1 aromatic rings. The van der Waals surface area contributed by atoms with Crippen molar-refractivity contribution in [2.45, 2.75) is 32.4 Å². The molecule has 0 spiro atoms. The second-order valence-electron chi connectivity index (χ2n) is 3.91. The highest BCUT2D eigenvalue weighted by atomic mass is 79.9. The number of halogens is 1. The largest absolute Gasteiger partial charge is 0.383 e. The number of ether oxygens (including phenoxy) is 1. The number of nitrogens with one attached hydrogen (secondary N) is 1. The van der Waals surface area contributed by atoms with Gasteiger partial charge < -0.3 is 10.1 Å². The molecule has 1 N–H and O–H groups in total. The third kappa shape index (κ3) is 4.64. The van der Waals surface area contributed by atoms with E-state index in [4.69, 9.17) is 4.74 Å². The summed E-state index contributed by atoms with van der Waals surface area (Å²) in [6.45, 7) is 3.86. The fourth-order valence-electron chi connectivity index (χ4n) is 1.69. The predicted octanol–water partition coefficient (Wildman–Crippen LogP) is 3.35. The van der Waals surface area contributed by atoms with E-state index in [0.717, 1.165) is 24.0 Å². The smallest absolute Gasteiger partial charge is 0.0615 e. The zero-order chi connectivity index (χ0) is 11.8. The quantitative estimate of drug-likeness (QED) is 0.830. The van der Waals surface area contributed by atoms with Crippen LogP contribution in [-0.2, 0) is 11.3 Å². The van der Waals surface area contributed by atoms with Crippen LogP contribution in [0.15, 0.2) is 28.7 Å². The molecular formula is C13H20BrNO. The van der Waals surface area contributed by atoms with Crippen LogP contribution < -0.4 is 5.32 Å². The van der Waals surface area contributed by atoms with Gasteiger partial charge in [0, 0.05) is 24.2 Å². The lowest BCUT2D eigenvalue weighted by molar-refractivity contribution is 0.161. The Kier molecular flexibility index (Phi) is 6.69. The number of rotatable bonds is 7. The maximum Gasteiger partial charge on any atom is 0.0615 e. The van der Waals surface area contributed by atoms with E-state index in [1.165, 1.54) is 12.0 Å². The van der Waals surface area contributed by atoms with Crippen molar-refractivity contribution in [3.05, 3.63) is 34.3 Å². The molecule has 0 aromatic heterocycles. The lowest BCUT2D eigenvalue weighted by atomic mass is 10.1. The Balaban J connectivity index is 2.45. The second-order valence-corrected chi connectivity index (χ2v) is 4.77. The van der Waals surface area contributed by atoms with Crippen molar-refractivity contribution in [1.82, 2.24) is 5.32 Å². The SMILES string of the molecule is CCCC(COC)NCc1ccccc1Br. The summed E-state index contributed by atoms with van der Waals surface area (Å²) in [5.74, 6) is 0. The number of hydrogen-bond donors (Lipinski definition) is 1. The van der Waals surface area contributed by atoms with Crippen LogP contribution in [0.3, 0.4) is 0 Å². The molecule has 16 heavy (non-hydrogen) atoms. The predicted molar refractivity (Wildman–Crippen MR) is 71.6 cm³/mol. The molecule has 0 saturated heterocycles. The van der Waals surface area contributed by atoms with Crippen molar-refractivity contribution in [1.29, 1.82) is 0 Å². The van der Waals surface area contributed by atoms with E-state index in [-0.39, 0.29) is 0 Å². The fraction of sp³-hybridized carbons (Fsp3) is 0.538. The molecule has 90 valence electrons. The molecule has 0 bridgehead atoms. The monoisotopic (exact) mass is 285 g/mol.